The van der Waals surface area contributed by atoms with E-state index in [1.54, 1.807) is 0 Å². The quantitative estimate of drug-likeness (QED) is 0.0812. The maximum absolute atomic E-state index is 10.2. The fourth-order valence-electron chi connectivity index (χ4n) is 4.96. The Labute approximate surface area is 271 Å². The first-order valence-electron chi connectivity index (χ1n) is 16.1. The first-order valence-corrected chi connectivity index (χ1v) is 16.1. The van der Waals surface area contributed by atoms with Gasteiger partial charge in [0.15, 0.2) is 0 Å². The molecule has 0 radical (unpaired) electrons. The van der Waals surface area contributed by atoms with E-state index >= 15 is 0 Å². The van der Waals surface area contributed by atoms with Crippen LogP contribution in [0.25, 0.3) is 0 Å². The van der Waals surface area contributed by atoms with Crippen molar-refractivity contribution < 1.29 is 47.5 Å². The van der Waals surface area contributed by atoms with Crippen molar-refractivity contribution in [3.63, 3.8) is 0 Å². The molecule has 0 saturated carbocycles. The van der Waals surface area contributed by atoms with E-state index in [0.29, 0.717) is 0 Å². The van der Waals surface area contributed by atoms with Crippen LogP contribution >= 0.6 is 0 Å². The molecule has 0 bridgehead atoms. The van der Waals surface area contributed by atoms with Gasteiger partial charge in [-0.1, -0.05) is 151 Å². The van der Waals surface area contributed by atoms with Crippen LogP contribution in [0.5, 0.6) is 0 Å². The van der Waals surface area contributed by atoms with Crippen molar-refractivity contribution in [2.45, 2.75) is 141 Å². The minimum absolute atomic E-state index is 0. The molecule has 0 atom stereocenters. The number of unbranched alkanes of at least 4 members (excludes halogenated alkanes) is 16. The minimum atomic E-state index is -0.914. The summed E-state index contributed by atoms with van der Waals surface area (Å²) in [4.78, 5) is 20.5. The summed E-state index contributed by atoms with van der Waals surface area (Å²) in [5.74, 6) is -1.83. The first-order chi connectivity index (χ1) is 19.6. The minimum Gasteiger partial charge on any atom is -0.550 e. The Hall–Kier alpha value is -1.68. The van der Waals surface area contributed by atoms with Crippen molar-refractivity contribution in [3.8, 4) is 0 Å². The third kappa shape index (κ3) is 28.2. The third-order valence-corrected chi connectivity index (χ3v) is 7.38. The predicted octanol–water partition coefficient (Wildman–Crippen LogP) is 7.76. The number of carboxylic acids is 2. The Kier molecular flexibility index (Phi) is 28.6. The molecule has 0 amide bonds. The number of rotatable bonds is 24. The van der Waals surface area contributed by atoms with Crippen molar-refractivity contribution in [2.24, 2.45) is 0 Å². The molecule has 0 aliphatic rings. The van der Waals surface area contributed by atoms with Crippen LogP contribution in [0.2, 0.25) is 0 Å². The summed E-state index contributed by atoms with van der Waals surface area (Å²) in [7, 11) is 0. The van der Waals surface area contributed by atoms with Gasteiger partial charge in [-0.05, 0) is 62.5 Å². The molecule has 2 aromatic rings. The molecule has 0 heterocycles. The van der Waals surface area contributed by atoms with E-state index in [2.05, 4.69) is 60.7 Å². The smallest absolute Gasteiger partial charge is 0.550 e. The zero-order valence-corrected chi connectivity index (χ0v) is 31.2. The van der Waals surface area contributed by atoms with Crippen LogP contribution in [0.3, 0.4) is 0 Å². The third-order valence-electron chi connectivity index (χ3n) is 7.38. The number of hydrogen-bond acceptors (Lipinski definition) is 4. The molecule has 0 fully saturated rings. The Morgan fingerprint density at radius 2 is 0.634 bits per heavy atom. The Morgan fingerprint density at radius 3 is 0.902 bits per heavy atom. The normalized spacial score (nSPS) is 10.3. The molecule has 0 aliphatic heterocycles. The van der Waals surface area contributed by atoms with Gasteiger partial charge in [0.05, 0.1) is 0 Å². The summed E-state index contributed by atoms with van der Waals surface area (Å²) < 4.78 is 0. The number of aryl methyl sites for hydroxylation is 2. The van der Waals surface area contributed by atoms with Gasteiger partial charge in [0.25, 0.3) is 0 Å². The fraction of sp³-hybridized carbons (Fsp3) is 0.611. The van der Waals surface area contributed by atoms with E-state index in [9.17, 15) is 19.8 Å². The second-order valence-electron chi connectivity index (χ2n) is 11.1. The van der Waals surface area contributed by atoms with Crippen LogP contribution in [0.15, 0.2) is 60.7 Å². The van der Waals surface area contributed by atoms with Gasteiger partial charge in [-0.15, -0.1) is 0 Å². The summed E-state index contributed by atoms with van der Waals surface area (Å²) in [6.45, 7) is 0. The van der Waals surface area contributed by atoms with Crippen LogP contribution in [0.4, 0.5) is 0 Å². The molecule has 0 aromatic heterocycles. The SMILES string of the molecule is O=C([O-])CCCCCCCCCCCc1ccccc1.O=C([O-])CCCCCCCCCCCc1ccccc1.[Hg+2]. The van der Waals surface area contributed by atoms with Gasteiger partial charge in [0, 0.05) is 11.9 Å². The molecule has 0 N–H and O–H groups in total. The number of carbonyl (C=O) groups is 2. The number of aliphatic carboxylic acids is 2. The van der Waals surface area contributed by atoms with Gasteiger partial charge in [0.2, 0.25) is 0 Å². The Balaban J connectivity index is 0.000000762. The van der Waals surface area contributed by atoms with Gasteiger partial charge in [-0.2, -0.15) is 0 Å². The van der Waals surface area contributed by atoms with Gasteiger partial charge >= 0.3 is 27.7 Å². The van der Waals surface area contributed by atoms with Gasteiger partial charge in [0.1, 0.15) is 0 Å². The monoisotopic (exact) mass is 752 g/mol. The molecule has 0 unspecified atom stereocenters. The molecular weight excluding hydrogens is 697 g/mol. The number of benzene rings is 2. The van der Waals surface area contributed by atoms with E-state index in [1.165, 1.54) is 101 Å². The predicted molar refractivity (Wildman–Crippen MR) is 163 cm³/mol. The average Bonchev–Trinajstić information content (AvgIpc) is 2.96. The summed E-state index contributed by atoms with van der Waals surface area (Å²) in [5, 5.41) is 20.5. The van der Waals surface area contributed by atoms with Crippen LogP contribution in [-0.2, 0) is 50.1 Å². The van der Waals surface area contributed by atoms with Gasteiger partial charge in [-0.3, -0.25) is 0 Å². The number of hydrogen-bond donors (Lipinski definition) is 0. The largest absolute Gasteiger partial charge is 2.00 e. The molecule has 2 rings (SSSR count). The topological polar surface area (TPSA) is 80.3 Å². The molecule has 41 heavy (non-hydrogen) atoms. The molecule has 4 nitrogen and oxygen atoms in total. The zero-order valence-electron chi connectivity index (χ0n) is 25.7. The van der Waals surface area contributed by atoms with Gasteiger partial charge in [-0.25, -0.2) is 0 Å². The summed E-state index contributed by atoms with van der Waals surface area (Å²) in [6, 6.07) is 21.4. The fourth-order valence-corrected chi connectivity index (χ4v) is 4.96. The average molecular weight is 751 g/mol. The van der Waals surface area contributed by atoms with Crippen LogP contribution in [0.1, 0.15) is 140 Å². The molecule has 0 spiro atoms. The van der Waals surface area contributed by atoms with Crippen molar-refractivity contribution >= 4 is 11.9 Å². The summed E-state index contributed by atoms with van der Waals surface area (Å²) in [6.07, 6.45) is 24.3. The molecule has 5 heteroatoms. The maximum Gasteiger partial charge on any atom is 2.00 e. The second-order valence-corrected chi connectivity index (χ2v) is 11.1. The molecule has 0 aliphatic carbocycles. The second kappa shape index (κ2) is 29.8. The number of carbonyl (C=O) groups excluding carboxylic acids is 2. The standard InChI is InChI=1S/2C18H28O2.Hg/c2*19-18(20)16-12-7-5-3-1-2-4-6-9-13-17-14-10-8-11-15-17;/h2*8,10-11,14-15H,1-7,9,12-13,16H2,(H,19,20);/q;;+2/p-2. The van der Waals surface area contributed by atoms with E-state index in [4.69, 9.17) is 0 Å². The van der Waals surface area contributed by atoms with Crippen LogP contribution < -0.4 is 10.2 Å². The summed E-state index contributed by atoms with van der Waals surface area (Å²) in [5.41, 5.74) is 2.89. The van der Waals surface area contributed by atoms with E-state index in [1.807, 2.05) is 0 Å². The summed E-state index contributed by atoms with van der Waals surface area (Å²) >= 11 is 0. The Morgan fingerprint density at radius 1 is 0.390 bits per heavy atom. The van der Waals surface area contributed by atoms with Crippen molar-refractivity contribution in [2.75, 3.05) is 0 Å². The van der Waals surface area contributed by atoms with E-state index in [-0.39, 0.29) is 40.5 Å². The molecule has 0 saturated heterocycles. The Bertz CT molecular complexity index is 770. The van der Waals surface area contributed by atoms with E-state index in [0.717, 1.165) is 38.5 Å². The van der Waals surface area contributed by atoms with Crippen molar-refractivity contribution in [1.82, 2.24) is 0 Å². The van der Waals surface area contributed by atoms with Crippen LogP contribution in [-0.4, -0.2) is 11.9 Å². The van der Waals surface area contributed by atoms with E-state index < -0.39 is 11.9 Å². The molecular formula is C36H54HgO4. The van der Waals surface area contributed by atoms with Crippen molar-refractivity contribution in [3.05, 3.63) is 71.8 Å². The zero-order chi connectivity index (χ0) is 28.9. The van der Waals surface area contributed by atoms with Gasteiger partial charge < -0.3 is 19.8 Å². The molecule has 224 valence electrons. The van der Waals surface area contributed by atoms with Crippen LogP contribution in [0, 0.1) is 0 Å². The maximum atomic E-state index is 10.2. The number of carboxylic acid groups (broad SMARTS) is 2. The first kappa shape index (κ1) is 39.3. The molecule has 2 aromatic carbocycles. The van der Waals surface area contributed by atoms with Crippen molar-refractivity contribution in [1.29, 1.82) is 0 Å².